The molecule has 11 heteroatoms. The van der Waals surface area contributed by atoms with Gasteiger partial charge in [0, 0.05) is 27.9 Å². The molecule has 7 rings (SSSR count). The number of fused-ring (bicyclic) bond motifs is 1. The van der Waals surface area contributed by atoms with Crippen LogP contribution < -0.4 is 0 Å². The summed E-state index contributed by atoms with van der Waals surface area (Å²) in [6, 6.07) is 0. The number of Topliss-reactive ketones (excluding diaryl/α,β-unsaturated/α-hetero) is 1. The molecular formula is C26H30O11. The maximum absolute atomic E-state index is 14.1. The van der Waals surface area contributed by atoms with Crippen molar-refractivity contribution in [1.29, 1.82) is 0 Å². The number of ketones is 1. The molecule has 11 unspecified atom stereocenters. The normalized spacial score (nSPS) is 55.0. The third-order valence-corrected chi connectivity index (χ3v) is 11.0. The lowest BCUT2D eigenvalue weighted by molar-refractivity contribution is -0.249. The van der Waals surface area contributed by atoms with E-state index >= 15 is 0 Å². The molecule has 0 amide bonds. The van der Waals surface area contributed by atoms with Crippen LogP contribution in [0, 0.1) is 28.1 Å². The van der Waals surface area contributed by atoms with Crippen molar-refractivity contribution >= 4 is 23.7 Å². The van der Waals surface area contributed by atoms with Gasteiger partial charge in [0.2, 0.25) is 6.29 Å². The van der Waals surface area contributed by atoms with Gasteiger partial charge in [-0.25, -0.2) is 9.59 Å². The van der Waals surface area contributed by atoms with E-state index in [4.69, 9.17) is 23.7 Å². The van der Waals surface area contributed by atoms with Gasteiger partial charge in [-0.3, -0.25) is 9.59 Å². The van der Waals surface area contributed by atoms with E-state index in [1.807, 2.05) is 6.92 Å². The molecule has 2 aliphatic carbocycles. The fourth-order valence-electron chi connectivity index (χ4n) is 9.72. The van der Waals surface area contributed by atoms with Gasteiger partial charge in [-0.05, 0) is 32.6 Å². The molecular weight excluding hydrogens is 488 g/mol. The van der Waals surface area contributed by atoms with Crippen LogP contribution in [0.5, 0.6) is 0 Å². The van der Waals surface area contributed by atoms with Crippen LogP contribution in [0.2, 0.25) is 0 Å². The van der Waals surface area contributed by atoms with E-state index in [1.165, 1.54) is 0 Å². The summed E-state index contributed by atoms with van der Waals surface area (Å²) in [6.07, 6.45) is -3.74. The minimum absolute atomic E-state index is 0.00632. The first-order chi connectivity index (χ1) is 17.3. The van der Waals surface area contributed by atoms with E-state index in [9.17, 15) is 29.4 Å². The topological polar surface area (TPSA) is 158 Å². The van der Waals surface area contributed by atoms with Crippen molar-refractivity contribution in [2.45, 2.75) is 88.9 Å². The molecule has 0 aromatic heterocycles. The molecule has 2 N–H and O–H groups in total. The fraction of sp³-hybridized carbons (Fsp3) is 0.769. The van der Waals surface area contributed by atoms with Crippen molar-refractivity contribution in [2.75, 3.05) is 6.61 Å². The van der Waals surface area contributed by atoms with E-state index < -0.39 is 93.7 Å². The van der Waals surface area contributed by atoms with Crippen molar-refractivity contribution in [3.8, 4) is 0 Å². The molecule has 11 nitrogen and oxygen atoms in total. The van der Waals surface area contributed by atoms with Crippen molar-refractivity contribution in [2.24, 2.45) is 28.1 Å². The molecule has 0 bridgehead atoms. The molecule has 0 aromatic carbocycles. The number of carbonyl (C=O) groups excluding carboxylic acids is 4. The predicted octanol–water partition coefficient (Wildman–Crippen LogP) is -0.0559. The zero-order valence-corrected chi connectivity index (χ0v) is 21.0. The van der Waals surface area contributed by atoms with Gasteiger partial charge < -0.3 is 33.9 Å². The maximum Gasteiger partial charge on any atom is 0.339 e. The number of hydrogen-bond donors (Lipinski definition) is 2. The first kappa shape index (κ1) is 23.8. The first-order valence-corrected chi connectivity index (χ1v) is 12.8. The lowest BCUT2D eigenvalue weighted by Gasteiger charge is -2.66. The highest BCUT2D eigenvalue weighted by Crippen LogP contribution is 2.79. The Balaban J connectivity index is 1.41. The molecule has 2 spiro atoms. The smallest absolute Gasteiger partial charge is 0.339 e. The summed E-state index contributed by atoms with van der Waals surface area (Å²) in [6.45, 7) is 7.20. The highest BCUT2D eigenvalue weighted by molar-refractivity contribution is 5.92. The maximum atomic E-state index is 14.1. The van der Waals surface area contributed by atoms with Crippen molar-refractivity contribution in [3.05, 3.63) is 11.6 Å². The average Bonchev–Trinajstić information content (AvgIpc) is 3.44. The Kier molecular flexibility index (Phi) is 4.25. The minimum atomic E-state index is -1.58. The Morgan fingerprint density at radius 1 is 0.973 bits per heavy atom. The second-order valence-corrected chi connectivity index (χ2v) is 12.7. The Labute approximate surface area is 212 Å². The highest BCUT2D eigenvalue weighted by Gasteiger charge is 2.90. The van der Waals surface area contributed by atoms with Crippen LogP contribution in [0.25, 0.3) is 0 Å². The second-order valence-electron chi connectivity index (χ2n) is 12.7. The molecule has 4 saturated heterocycles. The fourth-order valence-corrected chi connectivity index (χ4v) is 9.72. The third kappa shape index (κ3) is 2.36. The number of hydrogen-bond acceptors (Lipinski definition) is 11. The van der Waals surface area contributed by atoms with E-state index in [0.29, 0.717) is 12.8 Å². The zero-order chi connectivity index (χ0) is 26.5. The molecule has 0 aromatic rings. The summed E-state index contributed by atoms with van der Waals surface area (Å²) in [7, 11) is 0. The van der Waals surface area contributed by atoms with Gasteiger partial charge >= 0.3 is 17.9 Å². The molecule has 6 fully saturated rings. The van der Waals surface area contributed by atoms with Crippen LogP contribution in [-0.4, -0.2) is 82.4 Å². The van der Waals surface area contributed by atoms with Crippen LogP contribution in [0.4, 0.5) is 0 Å². The highest BCUT2D eigenvalue weighted by atomic mass is 16.7. The lowest BCUT2D eigenvalue weighted by atomic mass is 9.36. The number of carbonyl (C=O) groups is 4. The van der Waals surface area contributed by atoms with E-state index in [1.54, 1.807) is 20.8 Å². The number of aliphatic hydroxyl groups excluding tert-OH is 2. The molecule has 7 aliphatic rings. The monoisotopic (exact) mass is 518 g/mol. The molecule has 37 heavy (non-hydrogen) atoms. The molecule has 0 radical (unpaired) electrons. The van der Waals surface area contributed by atoms with Gasteiger partial charge in [0.1, 0.15) is 24.4 Å². The quantitative estimate of drug-likeness (QED) is 0.272. The standard InChI is InChI=1S/C26H30O11/c1-22(2)16-15(29)17(30)24(4)11(25(16)9-33-13(27)8-12(25)36-22)5-6-23(3)18(10-7-14(28)34-20(10)31)35-21(32)19-26(23,24)37-19/h7,11-12,16-20,30-31H,5-6,8-9H2,1-4H3. The summed E-state index contributed by atoms with van der Waals surface area (Å²) >= 11 is 0. The summed E-state index contributed by atoms with van der Waals surface area (Å²) in [5.74, 6) is -3.39. The number of aliphatic hydroxyl groups is 2. The van der Waals surface area contributed by atoms with Gasteiger partial charge in [0.15, 0.2) is 11.9 Å². The zero-order valence-electron chi connectivity index (χ0n) is 21.0. The number of esters is 3. The molecule has 5 aliphatic heterocycles. The van der Waals surface area contributed by atoms with Gasteiger partial charge in [0.05, 0.1) is 24.0 Å². The van der Waals surface area contributed by atoms with Crippen LogP contribution in [0.1, 0.15) is 47.0 Å². The molecule has 11 atom stereocenters. The van der Waals surface area contributed by atoms with Crippen molar-refractivity contribution in [1.82, 2.24) is 0 Å². The Hall–Kier alpha value is -2.34. The Morgan fingerprint density at radius 3 is 2.38 bits per heavy atom. The van der Waals surface area contributed by atoms with Crippen LogP contribution in [0.15, 0.2) is 11.6 Å². The van der Waals surface area contributed by atoms with Crippen LogP contribution >= 0.6 is 0 Å². The van der Waals surface area contributed by atoms with Crippen molar-refractivity contribution < 1.29 is 53.1 Å². The number of rotatable bonds is 1. The third-order valence-electron chi connectivity index (χ3n) is 11.0. The molecule has 200 valence electrons. The van der Waals surface area contributed by atoms with E-state index in [0.717, 1.165) is 6.08 Å². The largest absolute Gasteiger partial charge is 0.465 e. The van der Waals surface area contributed by atoms with E-state index in [2.05, 4.69) is 0 Å². The SMILES string of the molecule is CC1(C)OC2CC(=O)OCC23C1C(=O)C(O)C1(C)C3CCC2(C)C(C3=CC(=O)OC3O)OC(=O)C3OC321. The second kappa shape index (κ2) is 6.62. The Morgan fingerprint density at radius 2 is 1.70 bits per heavy atom. The van der Waals surface area contributed by atoms with E-state index in [-0.39, 0.29) is 18.6 Å². The summed E-state index contributed by atoms with van der Waals surface area (Å²) in [4.78, 5) is 51.6. The number of ether oxygens (including phenoxy) is 5. The van der Waals surface area contributed by atoms with Gasteiger partial charge in [-0.2, -0.15) is 0 Å². The number of epoxide rings is 1. The minimum Gasteiger partial charge on any atom is -0.465 e. The van der Waals surface area contributed by atoms with Gasteiger partial charge in [0.25, 0.3) is 0 Å². The summed E-state index contributed by atoms with van der Waals surface area (Å²) in [5, 5.41) is 22.3. The predicted molar refractivity (Wildman–Crippen MR) is 118 cm³/mol. The van der Waals surface area contributed by atoms with Gasteiger partial charge in [-0.1, -0.05) is 13.8 Å². The molecule has 2 saturated carbocycles. The molecule has 5 heterocycles. The summed E-state index contributed by atoms with van der Waals surface area (Å²) in [5.41, 5.74) is -5.35. The first-order valence-electron chi connectivity index (χ1n) is 12.8. The lowest BCUT2D eigenvalue weighted by Crippen LogP contribution is -2.77. The Bertz CT molecular complexity index is 1210. The van der Waals surface area contributed by atoms with Gasteiger partial charge in [-0.15, -0.1) is 0 Å². The van der Waals surface area contributed by atoms with Crippen LogP contribution in [-0.2, 0) is 42.9 Å². The number of cyclic esters (lactones) is 3. The summed E-state index contributed by atoms with van der Waals surface area (Å²) < 4.78 is 28.9. The van der Waals surface area contributed by atoms with Crippen LogP contribution in [0.3, 0.4) is 0 Å². The van der Waals surface area contributed by atoms with Crippen molar-refractivity contribution in [3.63, 3.8) is 0 Å². The average molecular weight is 519 g/mol.